The molecule has 16 heteroatoms. The van der Waals surface area contributed by atoms with Crippen molar-refractivity contribution in [1.82, 2.24) is 26.6 Å². The Kier molecular flexibility index (Phi) is 19.7. The van der Waals surface area contributed by atoms with Crippen LogP contribution in [0.15, 0.2) is 78.9 Å². The van der Waals surface area contributed by atoms with Gasteiger partial charge in [0.15, 0.2) is 6.17 Å². The highest BCUT2D eigenvalue weighted by molar-refractivity contribution is 5.96. The lowest BCUT2D eigenvalue weighted by atomic mass is 9.99. The Hall–Kier alpha value is -6.32. The van der Waals surface area contributed by atoms with Gasteiger partial charge in [-0.1, -0.05) is 76.6 Å². The second kappa shape index (κ2) is 25.1. The lowest BCUT2D eigenvalue weighted by molar-refractivity contribution is -0.151. The fourth-order valence-corrected chi connectivity index (χ4v) is 6.50. The third-order valence-electron chi connectivity index (χ3n) is 10.3. The van der Waals surface area contributed by atoms with Crippen molar-refractivity contribution in [3.8, 4) is 11.5 Å². The number of amides is 5. The van der Waals surface area contributed by atoms with Crippen molar-refractivity contribution in [3.05, 3.63) is 90.0 Å². The highest BCUT2D eigenvalue weighted by Crippen LogP contribution is 2.19. The first-order chi connectivity index (χ1) is 30.5. The molecule has 0 saturated heterocycles. The van der Waals surface area contributed by atoms with Gasteiger partial charge < -0.3 is 50.8 Å². The van der Waals surface area contributed by atoms with Crippen molar-refractivity contribution in [3.63, 3.8) is 0 Å². The number of ether oxygens (including phenoxy) is 4. The molecule has 3 aromatic rings. The Morgan fingerprint density at radius 3 is 2.23 bits per heavy atom. The summed E-state index contributed by atoms with van der Waals surface area (Å²) in [5.74, 6) is -2.45. The van der Waals surface area contributed by atoms with Crippen LogP contribution in [0.1, 0.15) is 91.7 Å². The van der Waals surface area contributed by atoms with E-state index >= 15 is 0 Å². The van der Waals surface area contributed by atoms with Crippen LogP contribution < -0.4 is 41.4 Å². The van der Waals surface area contributed by atoms with Gasteiger partial charge in [-0.25, -0.2) is 9.59 Å². The number of carbonyl (C=O) groups is 6. The molecule has 2 bridgehead atoms. The summed E-state index contributed by atoms with van der Waals surface area (Å²) in [5, 5.41) is 17.0. The average Bonchev–Trinajstić information content (AvgIpc) is 3.25. The Bertz CT molecular complexity index is 1970. The lowest BCUT2D eigenvalue weighted by Crippen LogP contribution is -2.61. The largest absolute Gasteiger partial charge is 0.494 e. The van der Waals surface area contributed by atoms with E-state index in [-0.39, 0.29) is 37.2 Å². The molecule has 0 saturated carbocycles. The summed E-state index contributed by atoms with van der Waals surface area (Å²) in [6, 6.07) is 19.8. The zero-order chi connectivity index (χ0) is 46.6. The van der Waals surface area contributed by atoms with E-state index in [1.807, 2.05) is 44.2 Å². The molecule has 2 heterocycles. The summed E-state index contributed by atoms with van der Waals surface area (Å²) in [4.78, 5) is 81.1. The van der Waals surface area contributed by atoms with E-state index in [1.54, 1.807) is 83.1 Å². The predicted octanol–water partition coefficient (Wildman–Crippen LogP) is 5.54. The maximum atomic E-state index is 14.4. The Morgan fingerprint density at radius 2 is 1.58 bits per heavy atom. The molecule has 6 N–H and O–H groups in total. The molecular weight excluding hydrogens is 821 g/mol. The minimum Gasteiger partial charge on any atom is -0.494 e. The van der Waals surface area contributed by atoms with Crippen LogP contribution in [0.3, 0.4) is 0 Å². The van der Waals surface area contributed by atoms with Gasteiger partial charge in [-0.15, -0.1) is 0 Å². The summed E-state index contributed by atoms with van der Waals surface area (Å²) in [6.07, 6.45) is 0.513. The van der Waals surface area contributed by atoms with Crippen LogP contribution in [0, 0.1) is 11.8 Å². The molecular formula is C48H66N6O10. The number of rotatable bonds is 17. The normalized spacial score (nSPS) is 17.3. The summed E-state index contributed by atoms with van der Waals surface area (Å²) < 4.78 is 22.6. The fourth-order valence-electron chi connectivity index (χ4n) is 6.50. The molecule has 0 spiro atoms. The number of alkyl carbamates (subject to hydrolysis) is 1. The zero-order valence-electron chi connectivity index (χ0n) is 38.1. The van der Waals surface area contributed by atoms with Gasteiger partial charge in [-0.2, -0.15) is 0 Å². The number of hydrogen-bond donors (Lipinski definition) is 6. The van der Waals surface area contributed by atoms with E-state index in [2.05, 4.69) is 31.9 Å². The molecule has 0 unspecified atom stereocenters. The second-order valence-corrected chi connectivity index (χ2v) is 17.2. The molecule has 64 heavy (non-hydrogen) atoms. The van der Waals surface area contributed by atoms with Crippen molar-refractivity contribution < 1.29 is 47.7 Å². The summed E-state index contributed by atoms with van der Waals surface area (Å²) in [6.45, 7) is 13.7. The molecule has 3 aromatic carbocycles. The van der Waals surface area contributed by atoms with E-state index in [9.17, 15) is 28.8 Å². The predicted molar refractivity (Wildman–Crippen MR) is 242 cm³/mol. The van der Waals surface area contributed by atoms with Crippen molar-refractivity contribution in [2.45, 2.75) is 123 Å². The highest BCUT2D eigenvalue weighted by Gasteiger charge is 2.34. The van der Waals surface area contributed by atoms with Crippen molar-refractivity contribution in [2.24, 2.45) is 11.8 Å². The van der Waals surface area contributed by atoms with Crippen molar-refractivity contribution >= 4 is 41.4 Å². The van der Waals surface area contributed by atoms with Crippen LogP contribution in [0.25, 0.3) is 0 Å². The van der Waals surface area contributed by atoms with E-state index in [4.69, 9.17) is 18.9 Å². The first-order valence-corrected chi connectivity index (χ1v) is 22.1. The first-order valence-electron chi connectivity index (χ1n) is 22.1. The molecule has 0 aromatic heterocycles. The summed E-state index contributed by atoms with van der Waals surface area (Å²) in [7, 11) is 0. The maximum absolute atomic E-state index is 14.4. The number of benzene rings is 3. The molecule has 5 amide bonds. The number of hydrogen-bond acceptors (Lipinski definition) is 11. The molecule has 5 rings (SSSR count). The third-order valence-corrected chi connectivity index (χ3v) is 10.3. The van der Waals surface area contributed by atoms with Gasteiger partial charge in [0.1, 0.15) is 41.8 Å². The van der Waals surface area contributed by atoms with Gasteiger partial charge in [0.05, 0.1) is 13.2 Å². The Morgan fingerprint density at radius 1 is 0.875 bits per heavy atom. The number of carbonyl (C=O) groups excluding carboxylic acids is 6. The smallest absolute Gasteiger partial charge is 0.407 e. The van der Waals surface area contributed by atoms with Crippen LogP contribution in [0.2, 0.25) is 0 Å². The fraction of sp³-hybridized carbons (Fsp3) is 0.500. The van der Waals surface area contributed by atoms with Gasteiger partial charge in [0, 0.05) is 25.1 Å². The number of fused-ring (bicyclic) bond motifs is 13. The molecule has 0 radical (unpaired) electrons. The number of esters is 1. The van der Waals surface area contributed by atoms with Crippen molar-refractivity contribution in [2.75, 3.05) is 25.1 Å². The van der Waals surface area contributed by atoms with Gasteiger partial charge in [-0.05, 0) is 99.4 Å². The molecule has 348 valence electrons. The van der Waals surface area contributed by atoms with Crippen LogP contribution in [0.5, 0.6) is 11.5 Å². The van der Waals surface area contributed by atoms with Crippen LogP contribution in [-0.2, 0) is 46.5 Å². The Labute approximate surface area is 376 Å². The maximum Gasteiger partial charge on any atom is 0.407 e. The molecule has 0 fully saturated rings. The molecule has 2 aliphatic rings. The summed E-state index contributed by atoms with van der Waals surface area (Å²) in [5.41, 5.74) is 1.30. The summed E-state index contributed by atoms with van der Waals surface area (Å²) >= 11 is 0. The van der Waals surface area contributed by atoms with E-state index in [0.717, 1.165) is 5.56 Å². The third kappa shape index (κ3) is 17.4. The van der Waals surface area contributed by atoms with Gasteiger partial charge in [-0.3, -0.25) is 19.2 Å². The number of nitrogens with one attached hydrogen (secondary N) is 6. The molecule has 2 aliphatic heterocycles. The topological polar surface area (TPSA) is 212 Å². The average molecular weight is 887 g/mol. The van der Waals surface area contributed by atoms with Gasteiger partial charge in [0.25, 0.3) is 5.91 Å². The van der Waals surface area contributed by atoms with E-state index in [1.165, 1.54) is 0 Å². The lowest BCUT2D eigenvalue weighted by Gasteiger charge is -2.29. The van der Waals surface area contributed by atoms with Gasteiger partial charge >= 0.3 is 12.1 Å². The van der Waals surface area contributed by atoms with Crippen LogP contribution in [0.4, 0.5) is 10.5 Å². The standard InChI is InChI=1S/C48H66N6O10/c1-8-32(4)41(46(59)63-30-34-15-10-9-11-16-34)53-45(58)42(50-35-20-24-37(25-21-35)62-28-14-26-49-47(60)64-48(5,6)7)54-43(56)38-29-33-18-22-36(23-19-33)61-27-13-12-17-39(55)52-40(31(2)3)44(57)51-38/h9-11,15-16,18-25,31-32,38,40-42,50H,8,12-14,17,26-30H2,1-7H3,(H,49,60)(H,51,57)(H,52,55)(H,53,58)(H,54,56)/t32-,38-,40-,41-,42+/m0/s1. The van der Waals surface area contributed by atoms with E-state index < -0.39 is 59.7 Å². The minimum atomic E-state index is -1.46. The minimum absolute atomic E-state index is 0.00186. The monoisotopic (exact) mass is 886 g/mol. The highest BCUT2D eigenvalue weighted by atomic mass is 16.6. The van der Waals surface area contributed by atoms with Crippen LogP contribution >= 0.6 is 0 Å². The Balaban J connectivity index is 1.57. The molecule has 0 aliphatic carbocycles. The molecule has 16 nitrogen and oxygen atoms in total. The SMILES string of the molecule is CC[C@H](C)[C@H](NC(=O)[C@@H](NC(=O)[C@@H]1Cc2ccc(cc2)OCCCCC(=O)N[C@@H](C(C)C)C(=O)N1)Nc1ccc(OCCCNC(=O)OC(C)(C)C)cc1)C(=O)OCc1ccccc1. The van der Waals surface area contributed by atoms with E-state index in [0.29, 0.717) is 68.2 Å². The van der Waals surface area contributed by atoms with Crippen LogP contribution in [-0.4, -0.2) is 85.3 Å². The first kappa shape index (κ1) is 50.3. The zero-order valence-corrected chi connectivity index (χ0v) is 38.1. The van der Waals surface area contributed by atoms with Gasteiger partial charge in [0.2, 0.25) is 17.7 Å². The number of anilines is 1. The van der Waals surface area contributed by atoms with Crippen molar-refractivity contribution in [1.29, 1.82) is 0 Å². The second-order valence-electron chi connectivity index (χ2n) is 17.2. The quantitative estimate of drug-likeness (QED) is 0.0563. The molecule has 5 atom stereocenters.